The largest absolute Gasteiger partial charge is 0.444 e. The Labute approximate surface area is 194 Å². The Balaban J connectivity index is 1.62. The number of likely N-dealkylation sites (tertiary alicyclic amines) is 1. The predicted octanol–water partition coefficient (Wildman–Crippen LogP) is 5.58. The number of carbonyl (C=O) groups excluding carboxylic acids is 2. The molecule has 1 atom stereocenters. The van der Waals surface area contributed by atoms with E-state index < -0.39 is 5.60 Å². The summed E-state index contributed by atoms with van der Waals surface area (Å²) >= 11 is 6.48. The van der Waals surface area contributed by atoms with Crippen LogP contribution in [0.3, 0.4) is 0 Å². The summed E-state index contributed by atoms with van der Waals surface area (Å²) in [4.78, 5) is 34.1. The number of halogens is 1. The number of amides is 2. The zero-order chi connectivity index (χ0) is 23.2. The lowest BCUT2D eigenvalue weighted by molar-refractivity contribution is 0.0223. The molecule has 3 heterocycles. The van der Waals surface area contributed by atoms with Crippen LogP contribution < -0.4 is 0 Å². The Bertz CT molecular complexity index is 1060. The van der Waals surface area contributed by atoms with E-state index in [1.165, 1.54) is 0 Å². The Morgan fingerprint density at radius 3 is 2.44 bits per heavy atom. The second-order valence-electron chi connectivity index (χ2n) is 9.76. The fourth-order valence-corrected chi connectivity index (χ4v) is 4.96. The molecule has 0 aliphatic carbocycles. The van der Waals surface area contributed by atoms with Gasteiger partial charge in [-0.3, -0.25) is 9.78 Å². The third-order valence-corrected chi connectivity index (χ3v) is 6.13. The van der Waals surface area contributed by atoms with Gasteiger partial charge in [-0.05, 0) is 88.4 Å². The van der Waals surface area contributed by atoms with E-state index in [1.807, 2.05) is 63.8 Å². The molecule has 170 valence electrons. The molecule has 1 fully saturated rings. The highest BCUT2D eigenvalue weighted by Gasteiger charge is 2.37. The summed E-state index contributed by atoms with van der Waals surface area (Å²) in [6, 6.07) is 7.44. The molecule has 2 aromatic rings. The van der Waals surface area contributed by atoms with E-state index in [1.54, 1.807) is 4.90 Å². The van der Waals surface area contributed by atoms with Gasteiger partial charge in [0, 0.05) is 41.6 Å². The number of benzene rings is 1. The molecule has 32 heavy (non-hydrogen) atoms. The van der Waals surface area contributed by atoms with Gasteiger partial charge in [0.2, 0.25) is 0 Å². The highest BCUT2D eigenvalue weighted by Crippen LogP contribution is 2.40. The predicted molar refractivity (Wildman–Crippen MR) is 124 cm³/mol. The standard InChI is InChI=1S/C25H30ClN3O3/c1-15-9-17(10-16(2)27-15)23(30)28-13-18-11-19(26)12-20(21(18)14-28)22-7-6-8-29(22)24(31)32-25(3,4)5/h9-12,22H,6-8,13-14H2,1-5H3/t22-/m0/s1. The normalized spacial score (nSPS) is 18.1. The number of hydrogen-bond donors (Lipinski definition) is 0. The molecule has 1 aromatic heterocycles. The number of rotatable bonds is 2. The molecule has 2 aliphatic heterocycles. The molecule has 2 amide bonds. The van der Waals surface area contributed by atoms with E-state index in [0.717, 1.165) is 40.9 Å². The summed E-state index contributed by atoms with van der Waals surface area (Å²) in [6.45, 7) is 11.1. The molecule has 4 rings (SSSR count). The molecule has 0 unspecified atom stereocenters. The monoisotopic (exact) mass is 455 g/mol. The Hall–Kier alpha value is -2.60. The highest BCUT2D eigenvalue weighted by atomic mass is 35.5. The van der Waals surface area contributed by atoms with Crippen LogP contribution in [0.4, 0.5) is 4.79 Å². The van der Waals surface area contributed by atoms with Crippen molar-refractivity contribution in [1.29, 1.82) is 0 Å². The molecule has 0 saturated carbocycles. The van der Waals surface area contributed by atoms with Crippen LogP contribution in [0.25, 0.3) is 0 Å². The molecule has 1 aromatic carbocycles. The molecular weight excluding hydrogens is 426 g/mol. The van der Waals surface area contributed by atoms with Gasteiger partial charge >= 0.3 is 6.09 Å². The number of aromatic nitrogens is 1. The van der Waals surface area contributed by atoms with Gasteiger partial charge in [-0.15, -0.1) is 0 Å². The first-order valence-electron chi connectivity index (χ1n) is 11.1. The molecular formula is C25H30ClN3O3. The number of nitrogens with zero attached hydrogens (tertiary/aromatic N) is 3. The van der Waals surface area contributed by atoms with E-state index in [-0.39, 0.29) is 18.0 Å². The summed E-state index contributed by atoms with van der Waals surface area (Å²) in [5.41, 5.74) is 4.90. The molecule has 0 radical (unpaired) electrons. The second-order valence-corrected chi connectivity index (χ2v) is 10.2. The first-order valence-corrected chi connectivity index (χ1v) is 11.4. The van der Waals surface area contributed by atoms with Crippen molar-refractivity contribution >= 4 is 23.6 Å². The Kier molecular flexibility index (Phi) is 5.93. The number of carbonyl (C=O) groups is 2. The maximum absolute atomic E-state index is 13.2. The molecule has 2 aliphatic rings. The Morgan fingerprint density at radius 1 is 1.09 bits per heavy atom. The minimum atomic E-state index is -0.551. The van der Waals surface area contributed by atoms with Gasteiger partial charge in [0.15, 0.2) is 0 Å². The van der Waals surface area contributed by atoms with Crippen molar-refractivity contribution in [2.45, 2.75) is 72.2 Å². The van der Waals surface area contributed by atoms with Crippen molar-refractivity contribution in [2.24, 2.45) is 0 Å². The van der Waals surface area contributed by atoms with Crippen molar-refractivity contribution in [3.63, 3.8) is 0 Å². The first-order chi connectivity index (χ1) is 15.0. The fourth-order valence-electron chi connectivity index (χ4n) is 4.71. The topological polar surface area (TPSA) is 62.7 Å². The van der Waals surface area contributed by atoms with Crippen LogP contribution in [0.15, 0.2) is 24.3 Å². The number of fused-ring (bicyclic) bond motifs is 1. The van der Waals surface area contributed by atoms with Crippen LogP contribution in [0.2, 0.25) is 5.02 Å². The van der Waals surface area contributed by atoms with E-state index in [9.17, 15) is 9.59 Å². The molecule has 1 saturated heterocycles. The quantitative estimate of drug-likeness (QED) is 0.593. The van der Waals surface area contributed by atoms with E-state index in [2.05, 4.69) is 4.98 Å². The van der Waals surface area contributed by atoms with Gasteiger partial charge in [-0.1, -0.05) is 11.6 Å². The minimum Gasteiger partial charge on any atom is -0.444 e. The molecule has 7 heteroatoms. The summed E-state index contributed by atoms with van der Waals surface area (Å²) in [7, 11) is 0. The summed E-state index contributed by atoms with van der Waals surface area (Å²) in [5, 5.41) is 0.625. The smallest absolute Gasteiger partial charge is 0.410 e. The maximum atomic E-state index is 13.2. The zero-order valence-corrected chi connectivity index (χ0v) is 20.1. The van der Waals surface area contributed by atoms with Gasteiger partial charge in [-0.25, -0.2) is 4.79 Å². The Morgan fingerprint density at radius 2 is 1.78 bits per heavy atom. The van der Waals surface area contributed by atoms with Crippen LogP contribution in [-0.4, -0.2) is 38.9 Å². The van der Waals surface area contributed by atoms with E-state index in [0.29, 0.717) is 30.2 Å². The zero-order valence-electron chi connectivity index (χ0n) is 19.4. The summed E-state index contributed by atoms with van der Waals surface area (Å²) in [6.07, 6.45) is 1.45. The average molecular weight is 456 g/mol. The number of aryl methyl sites for hydroxylation is 2. The molecule has 0 N–H and O–H groups in total. The number of ether oxygens (including phenoxy) is 1. The lowest BCUT2D eigenvalue weighted by atomic mass is 9.96. The van der Waals surface area contributed by atoms with Crippen molar-refractivity contribution in [3.05, 3.63) is 62.9 Å². The van der Waals surface area contributed by atoms with Crippen molar-refractivity contribution in [3.8, 4) is 0 Å². The van der Waals surface area contributed by atoms with Crippen molar-refractivity contribution in [1.82, 2.24) is 14.8 Å². The lowest BCUT2D eigenvalue weighted by Crippen LogP contribution is -2.36. The SMILES string of the molecule is Cc1cc(C(=O)N2Cc3cc(Cl)cc([C@@H]4CCCN4C(=O)OC(C)(C)C)c3C2)cc(C)n1. The maximum Gasteiger partial charge on any atom is 0.410 e. The third-order valence-electron chi connectivity index (χ3n) is 5.91. The second kappa shape index (κ2) is 8.39. The molecule has 0 bridgehead atoms. The van der Waals surface area contributed by atoms with Crippen molar-refractivity contribution < 1.29 is 14.3 Å². The van der Waals surface area contributed by atoms with Gasteiger partial charge in [0.05, 0.1) is 6.04 Å². The van der Waals surface area contributed by atoms with Gasteiger partial charge in [0.1, 0.15) is 5.60 Å². The van der Waals surface area contributed by atoms with Gasteiger partial charge in [0.25, 0.3) is 5.91 Å². The van der Waals surface area contributed by atoms with Crippen LogP contribution in [0.5, 0.6) is 0 Å². The fraction of sp³-hybridized carbons (Fsp3) is 0.480. The molecule has 0 spiro atoms. The van der Waals surface area contributed by atoms with Gasteiger partial charge in [-0.2, -0.15) is 0 Å². The minimum absolute atomic E-state index is 0.0210. The lowest BCUT2D eigenvalue weighted by Gasteiger charge is -2.30. The number of pyridine rings is 1. The third kappa shape index (κ3) is 4.60. The average Bonchev–Trinajstić information content (AvgIpc) is 3.31. The van der Waals surface area contributed by atoms with Crippen LogP contribution in [0.1, 0.15) is 78.1 Å². The molecule has 6 nitrogen and oxygen atoms in total. The van der Waals surface area contributed by atoms with E-state index in [4.69, 9.17) is 16.3 Å². The van der Waals surface area contributed by atoms with Crippen LogP contribution in [-0.2, 0) is 17.8 Å². The summed E-state index contributed by atoms with van der Waals surface area (Å²) < 4.78 is 5.65. The van der Waals surface area contributed by atoms with Gasteiger partial charge < -0.3 is 14.5 Å². The number of hydrogen-bond acceptors (Lipinski definition) is 4. The van der Waals surface area contributed by atoms with E-state index >= 15 is 0 Å². The summed E-state index contributed by atoms with van der Waals surface area (Å²) in [5.74, 6) is -0.0210. The highest BCUT2D eigenvalue weighted by molar-refractivity contribution is 6.30. The van der Waals surface area contributed by atoms with Crippen LogP contribution >= 0.6 is 11.6 Å². The first kappa shape index (κ1) is 22.6. The van der Waals surface area contributed by atoms with Crippen LogP contribution in [0, 0.1) is 13.8 Å². The van der Waals surface area contributed by atoms with Crippen molar-refractivity contribution in [2.75, 3.05) is 6.54 Å².